The van der Waals surface area contributed by atoms with Crippen molar-refractivity contribution in [3.05, 3.63) is 0 Å². The molecule has 2 rings (SSSR count). The second-order valence-corrected chi connectivity index (χ2v) is 8.39. The predicted molar refractivity (Wildman–Crippen MR) is 107 cm³/mol. The Bertz CT molecular complexity index is 544. The van der Waals surface area contributed by atoms with Crippen molar-refractivity contribution in [2.24, 2.45) is 11.7 Å². The van der Waals surface area contributed by atoms with Crippen molar-refractivity contribution in [3.63, 3.8) is 0 Å². The second kappa shape index (κ2) is 10.8. The van der Waals surface area contributed by atoms with E-state index in [4.69, 9.17) is 5.73 Å². The number of unbranched alkanes of at least 4 members (excludes halogenated alkanes) is 1. The Morgan fingerprint density at radius 2 is 1.89 bits per heavy atom. The molecule has 2 aliphatic rings. The molecule has 0 radical (unpaired) electrons. The monoisotopic (exact) mass is 396 g/mol. The molecule has 0 spiro atoms. The Morgan fingerprint density at radius 3 is 2.39 bits per heavy atom. The maximum absolute atomic E-state index is 13.0. The summed E-state index contributed by atoms with van der Waals surface area (Å²) in [7, 11) is 0. The summed E-state index contributed by atoms with van der Waals surface area (Å²) in [5.74, 6) is -1.11. The molecule has 160 valence electrons. The fourth-order valence-electron chi connectivity index (χ4n) is 3.80. The van der Waals surface area contributed by atoms with Crippen LogP contribution in [0.1, 0.15) is 65.2 Å². The Morgan fingerprint density at radius 1 is 1.18 bits per heavy atom. The van der Waals surface area contributed by atoms with Crippen LogP contribution in [-0.2, 0) is 14.4 Å². The number of carboxylic acid groups (broad SMARTS) is 1. The summed E-state index contributed by atoms with van der Waals surface area (Å²) in [4.78, 5) is 38.4. The second-order valence-electron chi connectivity index (χ2n) is 8.39. The number of nitrogens with two attached hydrogens (primary N) is 1. The Hall–Kier alpha value is -1.67. The van der Waals surface area contributed by atoms with Crippen molar-refractivity contribution in [1.29, 1.82) is 0 Å². The zero-order chi connectivity index (χ0) is 20.7. The summed E-state index contributed by atoms with van der Waals surface area (Å²) in [5, 5.41) is 15.8. The number of hydrogen-bond acceptors (Lipinski definition) is 5. The normalized spacial score (nSPS) is 21.8. The molecular weight excluding hydrogens is 360 g/mol. The highest BCUT2D eigenvalue weighted by atomic mass is 16.4. The van der Waals surface area contributed by atoms with Gasteiger partial charge >= 0.3 is 5.97 Å². The Balaban J connectivity index is 1.86. The summed E-state index contributed by atoms with van der Waals surface area (Å²) >= 11 is 0. The summed E-state index contributed by atoms with van der Waals surface area (Å²) < 4.78 is 0. The molecular formula is C20H36N4O4. The Kier molecular flexibility index (Phi) is 8.69. The first-order valence-electron chi connectivity index (χ1n) is 10.6. The molecule has 1 saturated carbocycles. The summed E-state index contributed by atoms with van der Waals surface area (Å²) in [6, 6.07) is -1.54. The van der Waals surface area contributed by atoms with E-state index in [9.17, 15) is 19.5 Å². The smallest absolute Gasteiger partial charge is 0.326 e. The standard InChI is InChI=1S/C20H36N4O4/c1-13(2)17(21)18(25)23-11-4-3-10-16(20(27)28)24(14-7-5-8-14)19(26)15-9-6-12-22-15/h13-17,22H,3-12,21H2,1-2H3,(H,23,25)(H,27,28)/t15-,16-,17-/m0/s1. The van der Waals surface area contributed by atoms with Gasteiger partial charge in [-0.1, -0.05) is 13.8 Å². The molecule has 0 aromatic heterocycles. The van der Waals surface area contributed by atoms with Gasteiger partial charge in [-0.25, -0.2) is 4.79 Å². The first-order chi connectivity index (χ1) is 13.3. The van der Waals surface area contributed by atoms with Gasteiger partial charge in [-0.15, -0.1) is 0 Å². The van der Waals surface area contributed by atoms with Crippen molar-refractivity contribution in [2.75, 3.05) is 13.1 Å². The van der Waals surface area contributed by atoms with E-state index >= 15 is 0 Å². The lowest BCUT2D eigenvalue weighted by molar-refractivity contribution is -0.155. The molecule has 2 amide bonds. The van der Waals surface area contributed by atoms with E-state index in [1.807, 2.05) is 13.8 Å². The summed E-state index contributed by atoms with van der Waals surface area (Å²) in [6.07, 6.45) is 6.22. The van der Waals surface area contributed by atoms with Crippen LogP contribution < -0.4 is 16.4 Å². The highest BCUT2D eigenvalue weighted by molar-refractivity contribution is 5.87. The van der Waals surface area contributed by atoms with Crippen LogP contribution in [0.2, 0.25) is 0 Å². The third-order valence-electron chi connectivity index (χ3n) is 5.93. The first-order valence-corrected chi connectivity index (χ1v) is 10.6. The van der Waals surface area contributed by atoms with E-state index in [0.717, 1.165) is 38.6 Å². The molecule has 2 fully saturated rings. The van der Waals surface area contributed by atoms with Gasteiger partial charge in [0.05, 0.1) is 12.1 Å². The highest BCUT2D eigenvalue weighted by Gasteiger charge is 2.40. The molecule has 1 aliphatic carbocycles. The van der Waals surface area contributed by atoms with E-state index in [1.165, 1.54) is 0 Å². The molecule has 3 atom stereocenters. The van der Waals surface area contributed by atoms with E-state index < -0.39 is 18.1 Å². The number of aliphatic carboxylic acids is 1. The van der Waals surface area contributed by atoms with Gasteiger partial charge in [0.1, 0.15) is 6.04 Å². The van der Waals surface area contributed by atoms with E-state index in [-0.39, 0.29) is 29.8 Å². The van der Waals surface area contributed by atoms with E-state index in [0.29, 0.717) is 25.8 Å². The van der Waals surface area contributed by atoms with Crippen molar-refractivity contribution < 1.29 is 19.5 Å². The highest BCUT2D eigenvalue weighted by Crippen LogP contribution is 2.29. The third kappa shape index (κ3) is 5.91. The van der Waals surface area contributed by atoms with Crippen LogP contribution in [0.15, 0.2) is 0 Å². The van der Waals surface area contributed by atoms with Gasteiger partial charge in [-0.3, -0.25) is 9.59 Å². The van der Waals surface area contributed by atoms with Crippen molar-refractivity contribution in [2.45, 2.75) is 89.4 Å². The van der Waals surface area contributed by atoms with E-state index in [2.05, 4.69) is 10.6 Å². The molecule has 1 aliphatic heterocycles. The number of hydrogen-bond donors (Lipinski definition) is 4. The average molecular weight is 397 g/mol. The molecule has 0 bridgehead atoms. The first kappa shape index (κ1) is 22.6. The fourth-order valence-corrected chi connectivity index (χ4v) is 3.80. The van der Waals surface area contributed by atoms with Gasteiger partial charge in [0.15, 0.2) is 0 Å². The molecule has 1 heterocycles. The minimum Gasteiger partial charge on any atom is -0.480 e. The van der Waals surface area contributed by atoms with Crippen LogP contribution in [-0.4, -0.2) is 65.0 Å². The number of carbonyl (C=O) groups is 3. The van der Waals surface area contributed by atoms with Gasteiger partial charge in [-0.05, 0) is 63.8 Å². The molecule has 8 heteroatoms. The number of carboxylic acids is 1. The SMILES string of the molecule is CC(C)[C@H](N)C(=O)NCCCC[C@@H](C(=O)O)N(C(=O)[C@@H]1CCCN1)C1CCC1. The lowest BCUT2D eigenvalue weighted by Crippen LogP contribution is -2.57. The van der Waals surface area contributed by atoms with Crippen molar-refractivity contribution in [3.8, 4) is 0 Å². The van der Waals surface area contributed by atoms with Gasteiger partial charge in [0.25, 0.3) is 0 Å². The van der Waals surface area contributed by atoms with Gasteiger partial charge < -0.3 is 26.4 Å². The number of rotatable bonds is 11. The lowest BCUT2D eigenvalue weighted by Gasteiger charge is -2.42. The maximum atomic E-state index is 13.0. The summed E-state index contributed by atoms with van der Waals surface area (Å²) in [5.41, 5.74) is 5.81. The molecule has 28 heavy (non-hydrogen) atoms. The van der Waals surface area contributed by atoms with Crippen molar-refractivity contribution >= 4 is 17.8 Å². The number of amides is 2. The fraction of sp³-hybridized carbons (Fsp3) is 0.850. The van der Waals surface area contributed by atoms with Crippen molar-refractivity contribution in [1.82, 2.24) is 15.5 Å². The molecule has 1 saturated heterocycles. The maximum Gasteiger partial charge on any atom is 0.326 e. The van der Waals surface area contributed by atoms with Crippen LogP contribution in [0.5, 0.6) is 0 Å². The van der Waals surface area contributed by atoms with Crippen LogP contribution in [0.3, 0.4) is 0 Å². The number of nitrogens with zero attached hydrogens (tertiary/aromatic N) is 1. The van der Waals surface area contributed by atoms with Crippen LogP contribution >= 0.6 is 0 Å². The van der Waals surface area contributed by atoms with Gasteiger partial charge in [0, 0.05) is 12.6 Å². The predicted octanol–water partition coefficient (Wildman–Crippen LogP) is 0.843. The van der Waals surface area contributed by atoms with Crippen LogP contribution in [0, 0.1) is 5.92 Å². The molecule has 0 aromatic carbocycles. The number of nitrogens with one attached hydrogen (secondary N) is 2. The van der Waals surface area contributed by atoms with Crippen LogP contribution in [0.25, 0.3) is 0 Å². The number of carbonyl (C=O) groups excluding carboxylic acids is 2. The topological polar surface area (TPSA) is 125 Å². The van der Waals surface area contributed by atoms with Gasteiger partial charge in [-0.2, -0.15) is 0 Å². The third-order valence-corrected chi connectivity index (χ3v) is 5.93. The van der Waals surface area contributed by atoms with E-state index in [1.54, 1.807) is 4.90 Å². The minimum atomic E-state index is -0.941. The average Bonchev–Trinajstić information content (AvgIpc) is 3.14. The summed E-state index contributed by atoms with van der Waals surface area (Å²) in [6.45, 7) is 5.07. The molecule has 0 unspecified atom stereocenters. The minimum absolute atomic E-state index is 0.0414. The zero-order valence-corrected chi connectivity index (χ0v) is 17.2. The largest absolute Gasteiger partial charge is 0.480 e. The molecule has 8 nitrogen and oxygen atoms in total. The Labute approximate surface area is 167 Å². The quantitative estimate of drug-likeness (QED) is 0.384. The lowest BCUT2D eigenvalue weighted by atomic mass is 9.88. The van der Waals surface area contributed by atoms with Crippen LogP contribution in [0.4, 0.5) is 0 Å². The van der Waals surface area contributed by atoms with Gasteiger partial charge in [0.2, 0.25) is 11.8 Å². The zero-order valence-electron chi connectivity index (χ0n) is 17.2. The molecule has 0 aromatic rings. The molecule has 5 N–H and O–H groups in total.